The Labute approximate surface area is 162 Å². The molecule has 0 aliphatic rings. The van der Waals surface area contributed by atoms with Crippen molar-refractivity contribution >= 4 is 29.3 Å². The number of hydrogen-bond donors (Lipinski definition) is 1. The third kappa shape index (κ3) is 4.83. The van der Waals surface area contributed by atoms with Crippen LogP contribution in [-0.4, -0.2) is 15.7 Å². The maximum atomic E-state index is 12.9. The molecule has 1 N–H and O–H groups in total. The van der Waals surface area contributed by atoms with Gasteiger partial charge in [-0.3, -0.25) is 9.48 Å². The number of nitrogens with one attached hydrogen (secondary N) is 1. The van der Waals surface area contributed by atoms with E-state index in [2.05, 4.69) is 10.4 Å². The molecule has 1 heterocycles. The van der Waals surface area contributed by atoms with Crippen molar-refractivity contribution in [2.75, 3.05) is 5.32 Å². The van der Waals surface area contributed by atoms with E-state index < -0.39 is 0 Å². The normalized spacial score (nSPS) is 11.1. The summed E-state index contributed by atoms with van der Waals surface area (Å²) in [4.78, 5) is 12.2. The van der Waals surface area contributed by atoms with Gasteiger partial charge in [-0.15, -0.1) is 0 Å². The van der Waals surface area contributed by atoms with E-state index in [1.165, 1.54) is 18.2 Å². The molecule has 0 radical (unpaired) electrons. The predicted molar refractivity (Wildman–Crippen MR) is 106 cm³/mol. The molecule has 0 bridgehead atoms. The van der Waals surface area contributed by atoms with Crippen LogP contribution in [0.15, 0.2) is 54.6 Å². The predicted octanol–water partition coefficient (Wildman–Crippen LogP) is 4.99. The highest BCUT2D eigenvalue weighted by atomic mass is 35.5. The Bertz CT molecular complexity index is 993. The molecular weight excluding hydrogens is 365 g/mol. The first-order valence-corrected chi connectivity index (χ1v) is 8.83. The molecule has 0 saturated heterocycles. The number of halogens is 2. The molecule has 0 spiro atoms. The van der Waals surface area contributed by atoms with Gasteiger partial charge in [0.1, 0.15) is 5.82 Å². The summed E-state index contributed by atoms with van der Waals surface area (Å²) in [6.07, 6.45) is 3.05. The zero-order valence-corrected chi connectivity index (χ0v) is 15.8. The number of aromatic nitrogens is 2. The minimum absolute atomic E-state index is 0.271. The lowest BCUT2D eigenvalue weighted by Gasteiger charge is -2.06. The van der Waals surface area contributed by atoms with Gasteiger partial charge in [-0.05, 0) is 55.3 Å². The molecule has 0 aliphatic heterocycles. The van der Waals surface area contributed by atoms with Crippen LogP contribution in [0.3, 0.4) is 0 Å². The zero-order valence-electron chi connectivity index (χ0n) is 15.0. The van der Waals surface area contributed by atoms with E-state index in [1.54, 1.807) is 18.2 Å². The smallest absolute Gasteiger partial charge is 0.248 e. The zero-order chi connectivity index (χ0) is 19.4. The number of rotatable bonds is 5. The molecule has 138 valence electrons. The molecule has 0 aliphatic carbocycles. The van der Waals surface area contributed by atoms with Crippen molar-refractivity contribution in [3.8, 4) is 0 Å². The van der Waals surface area contributed by atoms with E-state index in [9.17, 15) is 9.18 Å². The van der Waals surface area contributed by atoms with Crippen LogP contribution in [0.1, 0.15) is 22.5 Å². The van der Waals surface area contributed by atoms with E-state index in [1.807, 2.05) is 42.8 Å². The molecule has 0 atom stereocenters. The fraction of sp³-hybridized carbons (Fsp3) is 0.143. The lowest BCUT2D eigenvalue weighted by atomic mass is 10.2. The number of aryl methyl sites for hydroxylation is 1. The first-order valence-electron chi connectivity index (χ1n) is 8.45. The van der Waals surface area contributed by atoms with Crippen LogP contribution in [0.2, 0.25) is 5.02 Å². The molecule has 4 nitrogen and oxygen atoms in total. The molecule has 6 heteroatoms. The van der Waals surface area contributed by atoms with Crippen LogP contribution in [0, 0.1) is 19.7 Å². The van der Waals surface area contributed by atoms with Crippen LogP contribution in [0.25, 0.3) is 6.08 Å². The van der Waals surface area contributed by atoms with Crippen LogP contribution in [0.4, 0.5) is 10.1 Å². The maximum Gasteiger partial charge on any atom is 0.248 e. The molecule has 3 aromatic rings. The second-order valence-electron chi connectivity index (χ2n) is 6.21. The Hall–Kier alpha value is -2.92. The van der Waals surface area contributed by atoms with Crippen LogP contribution in [-0.2, 0) is 11.3 Å². The van der Waals surface area contributed by atoms with E-state index in [0.29, 0.717) is 17.3 Å². The minimum Gasteiger partial charge on any atom is -0.319 e. The van der Waals surface area contributed by atoms with E-state index >= 15 is 0 Å². The molecule has 27 heavy (non-hydrogen) atoms. The van der Waals surface area contributed by atoms with E-state index in [0.717, 1.165) is 22.5 Å². The SMILES string of the molecule is Cc1nn(Cc2cccc(Cl)c2)c(C)c1NC(=O)/C=C/c1ccc(F)cc1. The van der Waals surface area contributed by atoms with E-state index in [4.69, 9.17) is 11.6 Å². The molecular formula is C21H19ClFN3O. The quantitative estimate of drug-likeness (QED) is 0.631. The summed E-state index contributed by atoms with van der Waals surface area (Å²) in [6, 6.07) is 13.5. The maximum absolute atomic E-state index is 12.9. The first kappa shape index (κ1) is 18.9. The molecule has 1 amide bonds. The van der Waals surface area contributed by atoms with E-state index in [-0.39, 0.29) is 11.7 Å². The fourth-order valence-corrected chi connectivity index (χ4v) is 2.96. The van der Waals surface area contributed by atoms with Crippen molar-refractivity contribution in [1.82, 2.24) is 9.78 Å². The topological polar surface area (TPSA) is 46.9 Å². The highest BCUT2D eigenvalue weighted by Gasteiger charge is 2.13. The summed E-state index contributed by atoms with van der Waals surface area (Å²) < 4.78 is 14.8. The monoisotopic (exact) mass is 383 g/mol. The van der Waals surface area contributed by atoms with Crippen molar-refractivity contribution < 1.29 is 9.18 Å². The van der Waals surface area contributed by atoms with Crippen molar-refractivity contribution in [3.63, 3.8) is 0 Å². The van der Waals surface area contributed by atoms with Crippen molar-refractivity contribution in [1.29, 1.82) is 0 Å². The number of benzene rings is 2. The Morgan fingerprint density at radius 2 is 1.96 bits per heavy atom. The second kappa shape index (κ2) is 8.18. The van der Waals surface area contributed by atoms with Gasteiger partial charge in [0.05, 0.1) is 23.6 Å². The summed E-state index contributed by atoms with van der Waals surface area (Å²) in [7, 11) is 0. The van der Waals surface area contributed by atoms with Crippen LogP contribution >= 0.6 is 11.6 Å². The second-order valence-corrected chi connectivity index (χ2v) is 6.64. The highest BCUT2D eigenvalue weighted by molar-refractivity contribution is 6.30. The molecule has 0 fully saturated rings. The molecule has 1 aromatic heterocycles. The number of amides is 1. The summed E-state index contributed by atoms with van der Waals surface area (Å²) in [5.74, 6) is -0.581. The van der Waals surface area contributed by atoms with Gasteiger partial charge in [0.2, 0.25) is 5.91 Å². The van der Waals surface area contributed by atoms with Crippen LogP contribution in [0.5, 0.6) is 0 Å². The summed E-state index contributed by atoms with van der Waals surface area (Å²) in [5, 5.41) is 8.05. The Kier molecular flexibility index (Phi) is 5.72. The van der Waals surface area contributed by atoms with Crippen LogP contribution < -0.4 is 5.32 Å². The van der Waals surface area contributed by atoms with Crippen molar-refractivity contribution in [2.45, 2.75) is 20.4 Å². The van der Waals surface area contributed by atoms with Gasteiger partial charge in [0.25, 0.3) is 0 Å². The van der Waals surface area contributed by atoms with Crippen molar-refractivity contribution in [3.05, 3.63) is 88.0 Å². The van der Waals surface area contributed by atoms with Gasteiger partial charge in [-0.25, -0.2) is 4.39 Å². The number of hydrogen-bond acceptors (Lipinski definition) is 2. The molecule has 0 saturated carbocycles. The third-order valence-electron chi connectivity index (χ3n) is 4.15. The summed E-state index contributed by atoms with van der Waals surface area (Å²) in [6.45, 7) is 4.32. The fourth-order valence-electron chi connectivity index (χ4n) is 2.75. The highest BCUT2D eigenvalue weighted by Crippen LogP contribution is 2.21. The molecule has 3 rings (SSSR count). The van der Waals surface area contributed by atoms with Gasteiger partial charge in [0, 0.05) is 11.1 Å². The molecule has 0 unspecified atom stereocenters. The van der Waals surface area contributed by atoms with Gasteiger partial charge in [0.15, 0.2) is 0 Å². The Morgan fingerprint density at radius 3 is 2.67 bits per heavy atom. The lowest BCUT2D eigenvalue weighted by Crippen LogP contribution is -2.10. The summed E-state index contributed by atoms with van der Waals surface area (Å²) in [5.41, 5.74) is 4.05. The standard InChI is InChI=1S/C21H19ClFN3O/c1-14-21(24-20(27)11-8-16-6-9-19(23)10-7-16)15(2)26(25-14)13-17-4-3-5-18(22)12-17/h3-12H,13H2,1-2H3,(H,24,27)/b11-8+. The first-order chi connectivity index (χ1) is 12.9. The average molecular weight is 384 g/mol. The molecule has 2 aromatic carbocycles. The summed E-state index contributed by atoms with van der Waals surface area (Å²) >= 11 is 6.04. The third-order valence-corrected chi connectivity index (χ3v) is 4.38. The van der Waals surface area contributed by atoms with Gasteiger partial charge in [-0.1, -0.05) is 35.9 Å². The number of carbonyl (C=O) groups excluding carboxylic acids is 1. The number of nitrogens with zero attached hydrogens (tertiary/aromatic N) is 2. The Morgan fingerprint density at radius 1 is 1.22 bits per heavy atom. The Balaban J connectivity index is 1.72. The number of carbonyl (C=O) groups is 1. The number of anilines is 1. The van der Waals surface area contributed by atoms with Gasteiger partial charge in [-0.2, -0.15) is 5.10 Å². The van der Waals surface area contributed by atoms with Crippen molar-refractivity contribution in [2.24, 2.45) is 0 Å². The largest absolute Gasteiger partial charge is 0.319 e. The van der Waals surface area contributed by atoms with Gasteiger partial charge >= 0.3 is 0 Å². The average Bonchev–Trinajstić information content (AvgIpc) is 2.89. The lowest BCUT2D eigenvalue weighted by molar-refractivity contribution is -0.111. The van der Waals surface area contributed by atoms with Gasteiger partial charge < -0.3 is 5.32 Å². The minimum atomic E-state index is -0.310.